The number of benzene rings is 1. The molecule has 0 spiro atoms. The molecule has 1 aromatic carbocycles. The third-order valence-corrected chi connectivity index (χ3v) is 5.30. The van der Waals surface area contributed by atoms with E-state index >= 15 is 0 Å². The zero-order valence-corrected chi connectivity index (χ0v) is 15.1. The fraction of sp³-hybridized carbons (Fsp3) is 0.444. The number of likely N-dealkylation sites (tertiary alicyclic amines) is 1. The number of para-hydroxylation sites is 1. The standard InChI is InChI=1S/C18H22N2O3S/c1-12-6-5-9-20(11-12)18-19-17(21)15(24-18)10-13-7-4-8-14(22-2)16(13)23-3/h4,7-8,10,12H,5-6,9,11H2,1-3H3/b15-10-/t12-/m0/s1. The molecule has 5 nitrogen and oxygen atoms in total. The van der Waals surface area contributed by atoms with Gasteiger partial charge in [0, 0.05) is 18.7 Å². The Labute approximate surface area is 146 Å². The number of piperidine rings is 1. The molecule has 2 heterocycles. The molecular weight excluding hydrogens is 324 g/mol. The Balaban J connectivity index is 1.82. The number of methoxy groups -OCH3 is 2. The molecule has 3 rings (SSSR count). The predicted molar refractivity (Wildman–Crippen MR) is 97.5 cm³/mol. The zero-order chi connectivity index (χ0) is 17.1. The lowest BCUT2D eigenvalue weighted by molar-refractivity contribution is -0.113. The van der Waals surface area contributed by atoms with Gasteiger partial charge in [-0.1, -0.05) is 19.1 Å². The van der Waals surface area contributed by atoms with Crippen molar-refractivity contribution in [2.24, 2.45) is 10.9 Å². The van der Waals surface area contributed by atoms with Gasteiger partial charge >= 0.3 is 0 Å². The Morgan fingerprint density at radius 3 is 2.88 bits per heavy atom. The number of amides is 1. The van der Waals surface area contributed by atoms with Crippen LogP contribution in [0.1, 0.15) is 25.3 Å². The number of nitrogens with zero attached hydrogens (tertiary/aromatic N) is 2. The van der Waals surface area contributed by atoms with E-state index in [4.69, 9.17) is 9.47 Å². The molecule has 0 radical (unpaired) electrons. The molecule has 1 amide bonds. The smallest absolute Gasteiger partial charge is 0.286 e. The average Bonchev–Trinajstić information content (AvgIpc) is 2.95. The van der Waals surface area contributed by atoms with Crippen LogP contribution >= 0.6 is 11.8 Å². The van der Waals surface area contributed by atoms with Crippen molar-refractivity contribution in [2.45, 2.75) is 19.8 Å². The van der Waals surface area contributed by atoms with Gasteiger partial charge in [-0.25, -0.2) is 0 Å². The van der Waals surface area contributed by atoms with Gasteiger partial charge in [-0.05, 0) is 42.7 Å². The lowest BCUT2D eigenvalue weighted by Gasteiger charge is -2.31. The van der Waals surface area contributed by atoms with Crippen LogP contribution in [0.2, 0.25) is 0 Å². The highest BCUT2D eigenvalue weighted by Gasteiger charge is 2.28. The molecule has 0 aliphatic carbocycles. The minimum absolute atomic E-state index is 0.182. The summed E-state index contributed by atoms with van der Waals surface area (Å²) in [6.07, 6.45) is 4.22. The molecule has 1 aromatic rings. The summed E-state index contributed by atoms with van der Waals surface area (Å²) in [6.45, 7) is 4.18. The van der Waals surface area contributed by atoms with E-state index in [0.717, 1.165) is 30.2 Å². The van der Waals surface area contributed by atoms with Gasteiger partial charge in [0.25, 0.3) is 5.91 Å². The maximum atomic E-state index is 12.3. The number of hydrogen-bond donors (Lipinski definition) is 0. The van der Waals surface area contributed by atoms with Gasteiger partial charge in [0.2, 0.25) is 0 Å². The lowest BCUT2D eigenvalue weighted by Crippen LogP contribution is -2.37. The molecule has 24 heavy (non-hydrogen) atoms. The first-order valence-corrected chi connectivity index (χ1v) is 8.92. The van der Waals surface area contributed by atoms with Crippen molar-refractivity contribution >= 4 is 28.9 Å². The molecule has 1 saturated heterocycles. The van der Waals surface area contributed by atoms with Crippen LogP contribution < -0.4 is 9.47 Å². The van der Waals surface area contributed by atoms with Crippen LogP contribution in [-0.2, 0) is 4.79 Å². The summed E-state index contributed by atoms with van der Waals surface area (Å²) in [6, 6.07) is 5.62. The molecule has 0 aromatic heterocycles. The molecule has 1 atom stereocenters. The summed E-state index contributed by atoms with van der Waals surface area (Å²) in [7, 11) is 3.20. The summed E-state index contributed by atoms with van der Waals surface area (Å²) in [5.41, 5.74) is 0.816. The number of aliphatic imine (C=N–C) groups is 1. The van der Waals surface area contributed by atoms with E-state index in [1.54, 1.807) is 14.2 Å². The van der Waals surface area contributed by atoms with Crippen LogP contribution in [-0.4, -0.2) is 43.3 Å². The highest BCUT2D eigenvalue weighted by atomic mass is 32.2. The summed E-state index contributed by atoms with van der Waals surface area (Å²) in [5.74, 6) is 1.73. The van der Waals surface area contributed by atoms with Crippen molar-refractivity contribution < 1.29 is 14.3 Å². The van der Waals surface area contributed by atoms with Crippen LogP contribution in [0.4, 0.5) is 0 Å². The second-order valence-corrected chi connectivity index (χ2v) is 7.10. The molecule has 0 unspecified atom stereocenters. The Hall–Kier alpha value is -1.95. The summed E-state index contributed by atoms with van der Waals surface area (Å²) in [4.78, 5) is 19.4. The largest absolute Gasteiger partial charge is 0.493 e. The minimum atomic E-state index is -0.182. The second-order valence-electron chi connectivity index (χ2n) is 6.09. The van der Waals surface area contributed by atoms with Gasteiger partial charge in [0.15, 0.2) is 16.7 Å². The number of rotatable bonds is 3. The monoisotopic (exact) mass is 346 g/mol. The van der Waals surface area contributed by atoms with E-state index in [1.165, 1.54) is 18.2 Å². The van der Waals surface area contributed by atoms with E-state index in [-0.39, 0.29) is 5.91 Å². The maximum Gasteiger partial charge on any atom is 0.286 e. The Morgan fingerprint density at radius 1 is 1.33 bits per heavy atom. The van der Waals surface area contributed by atoms with E-state index in [9.17, 15) is 4.79 Å². The van der Waals surface area contributed by atoms with Gasteiger partial charge in [-0.2, -0.15) is 4.99 Å². The number of carbonyl (C=O) groups excluding carboxylic acids is 1. The first-order valence-electron chi connectivity index (χ1n) is 8.11. The van der Waals surface area contributed by atoms with Crippen molar-refractivity contribution in [3.63, 3.8) is 0 Å². The van der Waals surface area contributed by atoms with Crippen molar-refractivity contribution in [3.05, 3.63) is 28.7 Å². The minimum Gasteiger partial charge on any atom is -0.493 e. The topological polar surface area (TPSA) is 51.1 Å². The Morgan fingerprint density at radius 2 is 2.17 bits per heavy atom. The van der Waals surface area contributed by atoms with Gasteiger partial charge in [0.05, 0.1) is 19.1 Å². The van der Waals surface area contributed by atoms with Crippen molar-refractivity contribution in [2.75, 3.05) is 27.3 Å². The number of thioether (sulfide) groups is 1. The van der Waals surface area contributed by atoms with E-state index in [2.05, 4.69) is 16.8 Å². The summed E-state index contributed by atoms with van der Waals surface area (Å²) >= 11 is 1.45. The van der Waals surface area contributed by atoms with Crippen LogP contribution in [0.5, 0.6) is 11.5 Å². The van der Waals surface area contributed by atoms with Crippen LogP contribution in [0, 0.1) is 5.92 Å². The molecule has 2 aliphatic heterocycles. The Bertz CT molecular complexity index is 700. The van der Waals surface area contributed by atoms with Gasteiger partial charge < -0.3 is 14.4 Å². The highest BCUT2D eigenvalue weighted by molar-refractivity contribution is 8.18. The van der Waals surface area contributed by atoms with E-state index in [1.807, 2.05) is 24.3 Å². The van der Waals surface area contributed by atoms with Gasteiger partial charge in [-0.15, -0.1) is 0 Å². The third kappa shape index (κ3) is 3.43. The fourth-order valence-corrected chi connectivity index (χ4v) is 4.00. The first-order chi connectivity index (χ1) is 11.6. The second kappa shape index (κ2) is 7.30. The molecule has 0 N–H and O–H groups in total. The van der Waals surface area contributed by atoms with E-state index < -0.39 is 0 Å². The third-order valence-electron chi connectivity index (χ3n) is 4.26. The summed E-state index contributed by atoms with van der Waals surface area (Å²) < 4.78 is 10.7. The SMILES string of the molecule is COc1cccc(/C=C2\SC(N3CCC[C@H](C)C3)=NC2=O)c1OC. The highest BCUT2D eigenvalue weighted by Crippen LogP contribution is 2.36. The molecule has 0 saturated carbocycles. The van der Waals surface area contributed by atoms with Crippen LogP contribution in [0.3, 0.4) is 0 Å². The molecule has 0 bridgehead atoms. The number of carbonyl (C=O) groups is 1. The molecule has 2 aliphatic rings. The lowest BCUT2D eigenvalue weighted by atomic mass is 10.0. The molecule has 1 fully saturated rings. The quantitative estimate of drug-likeness (QED) is 0.785. The fourth-order valence-electron chi connectivity index (χ4n) is 3.06. The number of ether oxygens (including phenoxy) is 2. The van der Waals surface area contributed by atoms with Gasteiger partial charge in [-0.3, -0.25) is 4.79 Å². The van der Waals surface area contributed by atoms with Crippen LogP contribution in [0.25, 0.3) is 6.08 Å². The normalized spacial score (nSPS) is 22.7. The number of amidine groups is 1. The average molecular weight is 346 g/mol. The summed E-state index contributed by atoms with van der Waals surface area (Å²) in [5, 5.41) is 0.819. The predicted octanol–water partition coefficient (Wildman–Crippen LogP) is 3.41. The molecular formula is C18H22N2O3S. The van der Waals surface area contributed by atoms with E-state index in [0.29, 0.717) is 22.3 Å². The van der Waals surface area contributed by atoms with Crippen molar-refractivity contribution in [1.82, 2.24) is 4.90 Å². The van der Waals surface area contributed by atoms with Crippen LogP contribution in [0.15, 0.2) is 28.1 Å². The number of hydrogen-bond acceptors (Lipinski definition) is 5. The van der Waals surface area contributed by atoms with Crippen molar-refractivity contribution in [3.8, 4) is 11.5 Å². The van der Waals surface area contributed by atoms with Crippen molar-refractivity contribution in [1.29, 1.82) is 0 Å². The zero-order valence-electron chi connectivity index (χ0n) is 14.2. The molecule has 6 heteroatoms. The van der Waals surface area contributed by atoms with Gasteiger partial charge in [0.1, 0.15) is 0 Å². The first kappa shape index (κ1) is 16.9. The maximum absolute atomic E-state index is 12.3. The Kier molecular flexibility index (Phi) is 5.14. The molecule has 128 valence electrons.